The fraction of sp³-hybridized carbons (Fsp3) is 0.333. The highest BCUT2D eigenvalue weighted by atomic mass is 32.2. The summed E-state index contributed by atoms with van der Waals surface area (Å²) in [5, 5.41) is 3.26. The number of carbonyl (C=O) groups is 1. The van der Waals surface area contributed by atoms with E-state index in [1.807, 2.05) is 13.8 Å². The third-order valence-corrected chi connectivity index (χ3v) is 4.33. The first-order valence-electron chi connectivity index (χ1n) is 7.00. The van der Waals surface area contributed by atoms with Crippen molar-refractivity contribution in [3.63, 3.8) is 0 Å². The van der Waals surface area contributed by atoms with Crippen LogP contribution < -0.4 is 11.1 Å². The van der Waals surface area contributed by atoms with Crippen LogP contribution in [0.2, 0.25) is 0 Å². The highest BCUT2D eigenvalue weighted by molar-refractivity contribution is 7.99. The third kappa shape index (κ3) is 4.22. The van der Waals surface area contributed by atoms with E-state index >= 15 is 0 Å². The predicted molar refractivity (Wildman–Crippen MR) is 84.2 cm³/mol. The second kappa shape index (κ2) is 6.99. The van der Waals surface area contributed by atoms with Crippen molar-refractivity contribution in [2.45, 2.75) is 36.2 Å². The summed E-state index contributed by atoms with van der Waals surface area (Å²) in [6.45, 7) is 4.14. The van der Waals surface area contributed by atoms with E-state index in [0.717, 1.165) is 16.8 Å². The number of imidazole rings is 1. The molecular formula is C15H18F2N4OS. The van der Waals surface area contributed by atoms with Gasteiger partial charge in [-0.25, -0.2) is 18.6 Å². The number of nitrogens with two attached hydrogens (primary N) is 1. The van der Waals surface area contributed by atoms with Crippen molar-refractivity contribution in [3.8, 4) is 0 Å². The number of amides is 2. The molecule has 2 amide bonds. The second-order valence-electron chi connectivity index (χ2n) is 5.36. The van der Waals surface area contributed by atoms with Gasteiger partial charge in [0.15, 0.2) is 0 Å². The van der Waals surface area contributed by atoms with Crippen molar-refractivity contribution in [3.05, 3.63) is 41.4 Å². The molecule has 0 radical (unpaired) electrons. The van der Waals surface area contributed by atoms with Crippen LogP contribution in [0.1, 0.15) is 31.3 Å². The van der Waals surface area contributed by atoms with E-state index in [-0.39, 0.29) is 12.5 Å². The Balaban J connectivity index is 2.37. The Morgan fingerprint density at radius 3 is 2.48 bits per heavy atom. The lowest BCUT2D eigenvalue weighted by Gasteiger charge is -2.09. The molecule has 0 fully saturated rings. The van der Waals surface area contributed by atoms with Crippen molar-refractivity contribution in [2.75, 3.05) is 0 Å². The number of nitrogens with one attached hydrogen (secondary N) is 1. The number of nitrogens with zero attached hydrogens (tertiary/aromatic N) is 2. The highest BCUT2D eigenvalue weighted by Gasteiger charge is 2.19. The number of urea groups is 1. The number of hydrogen-bond donors (Lipinski definition) is 2. The first-order valence-corrected chi connectivity index (χ1v) is 7.82. The van der Waals surface area contributed by atoms with E-state index in [1.165, 1.54) is 23.9 Å². The van der Waals surface area contributed by atoms with Crippen LogP contribution in [0.5, 0.6) is 0 Å². The number of halogens is 2. The smallest absolute Gasteiger partial charge is 0.312 e. The summed E-state index contributed by atoms with van der Waals surface area (Å²) in [6.07, 6.45) is 0. The maximum absolute atomic E-state index is 13.4. The zero-order chi connectivity index (χ0) is 17.1. The van der Waals surface area contributed by atoms with Crippen LogP contribution in [0.4, 0.5) is 13.6 Å². The summed E-state index contributed by atoms with van der Waals surface area (Å²) in [5.41, 5.74) is 5.87. The van der Waals surface area contributed by atoms with Gasteiger partial charge in [-0.05, 0) is 18.1 Å². The summed E-state index contributed by atoms with van der Waals surface area (Å²) in [6, 6.07) is 2.73. The Bertz CT molecular complexity index is 710. The second-order valence-corrected chi connectivity index (χ2v) is 6.42. The molecule has 0 spiro atoms. The molecule has 8 heteroatoms. The summed E-state index contributed by atoms with van der Waals surface area (Å²) in [7, 11) is 1.79. The molecule has 2 rings (SSSR count). The average molecular weight is 340 g/mol. The number of hydrogen-bond acceptors (Lipinski definition) is 3. The Kier molecular flexibility index (Phi) is 5.25. The van der Waals surface area contributed by atoms with Crippen LogP contribution in [0.25, 0.3) is 0 Å². The Labute approximate surface area is 137 Å². The number of rotatable bonds is 5. The minimum Gasteiger partial charge on any atom is -0.352 e. The summed E-state index contributed by atoms with van der Waals surface area (Å²) >= 11 is 1.23. The number of primary amides is 1. The molecule has 0 aliphatic heterocycles. The standard InChI is InChI=1S/C15H18F2N4OS/c1-8(2)13-14(21(3)12(20-13)7-19-15(18)22)23-11-5-9(16)4-10(17)6-11/h4-6,8H,7H2,1-3H3,(H3,18,19,22). The topological polar surface area (TPSA) is 72.9 Å². The van der Waals surface area contributed by atoms with E-state index in [9.17, 15) is 13.6 Å². The highest BCUT2D eigenvalue weighted by Crippen LogP contribution is 2.34. The zero-order valence-electron chi connectivity index (χ0n) is 13.1. The molecule has 0 unspecified atom stereocenters. The maximum atomic E-state index is 13.4. The van der Waals surface area contributed by atoms with Gasteiger partial charge in [-0.1, -0.05) is 25.6 Å². The minimum absolute atomic E-state index is 0.115. The van der Waals surface area contributed by atoms with Gasteiger partial charge in [-0.15, -0.1) is 0 Å². The van der Waals surface area contributed by atoms with Crippen LogP contribution in [0.15, 0.2) is 28.1 Å². The van der Waals surface area contributed by atoms with E-state index in [1.54, 1.807) is 11.6 Å². The van der Waals surface area contributed by atoms with E-state index in [0.29, 0.717) is 10.7 Å². The van der Waals surface area contributed by atoms with Crippen molar-refractivity contribution < 1.29 is 13.6 Å². The molecule has 1 heterocycles. The summed E-state index contributed by atoms with van der Waals surface area (Å²) in [4.78, 5) is 15.8. The number of carbonyl (C=O) groups excluding carboxylic acids is 1. The Hall–Kier alpha value is -2.09. The minimum atomic E-state index is -0.638. The van der Waals surface area contributed by atoms with Gasteiger partial charge < -0.3 is 15.6 Å². The predicted octanol–water partition coefficient (Wildman–Crippen LogP) is 3.14. The fourth-order valence-corrected chi connectivity index (χ4v) is 3.27. The summed E-state index contributed by atoms with van der Waals surface area (Å²) in [5.74, 6) is -0.524. The normalized spacial score (nSPS) is 11.0. The van der Waals surface area contributed by atoms with Gasteiger partial charge >= 0.3 is 6.03 Å². The van der Waals surface area contributed by atoms with Gasteiger partial charge in [0.05, 0.1) is 12.2 Å². The maximum Gasteiger partial charge on any atom is 0.312 e. The lowest BCUT2D eigenvalue weighted by atomic mass is 10.2. The van der Waals surface area contributed by atoms with Crippen LogP contribution in [-0.2, 0) is 13.6 Å². The molecule has 0 saturated carbocycles. The molecular weight excluding hydrogens is 322 g/mol. The molecule has 0 aliphatic rings. The Morgan fingerprint density at radius 1 is 1.35 bits per heavy atom. The molecule has 3 N–H and O–H groups in total. The fourth-order valence-electron chi connectivity index (χ4n) is 2.07. The van der Waals surface area contributed by atoms with Crippen molar-refractivity contribution >= 4 is 17.8 Å². The number of aromatic nitrogens is 2. The molecule has 0 bridgehead atoms. The van der Waals surface area contributed by atoms with Gasteiger partial charge in [0.2, 0.25) is 0 Å². The van der Waals surface area contributed by atoms with E-state index in [2.05, 4.69) is 10.3 Å². The van der Waals surface area contributed by atoms with Gasteiger partial charge in [-0.2, -0.15) is 0 Å². The molecule has 0 saturated heterocycles. The van der Waals surface area contributed by atoms with Crippen LogP contribution >= 0.6 is 11.8 Å². The largest absolute Gasteiger partial charge is 0.352 e. The van der Waals surface area contributed by atoms with Crippen LogP contribution in [0.3, 0.4) is 0 Å². The van der Waals surface area contributed by atoms with Crippen molar-refractivity contribution in [1.82, 2.24) is 14.9 Å². The molecule has 0 atom stereocenters. The summed E-state index contributed by atoms with van der Waals surface area (Å²) < 4.78 is 28.5. The third-order valence-electron chi connectivity index (χ3n) is 3.18. The molecule has 124 valence electrons. The van der Waals surface area contributed by atoms with Gasteiger partial charge in [-0.3, -0.25) is 0 Å². The monoisotopic (exact) mass is 340 g/mol. The quantitative estimate of drug-likeness (QED) is 0.878. The van der Waals surface area contributed by atoms with Gasteiger partial charge in [0.1, 0.15) is 22.5 Å². The lowest BCUT2D eigenvalue weighted by molar-refractivity contribution is 0.248. The molecule has 23 heavy (non-hydrogen) atoms. The van der Waals surface area contributed by atoms with Crippen molar-refractivity contribution in [2.24, 2.45) is 12.8 Å². The molecule has 5 nitrogen and oxygen atoms in total. The Morgan fingerprint density at radius 2 is 1.96 bits per heavy atom. The number of benzene rings is 1. The van der Waals surface area contributed by atoms with E-state index in [4.69, 9.17) is 5.73 Å². The average Bonchev–Trinajstić information content (AvgIpc) is 2.73. The first kappa shape index (κ1) is 17.3. The molecule has 1 aromatic carbocycles. The lowest BCUT2D eigenvalue weighted by Crippen LogP contribution is -2.29. The van der Waals surface area contributed by atoms with Crippen LogP contribution in [-0.4, -0.2) is 15.6 Å². The first-order chi connectivity index (χ1) is 10.8. The molecule has 0 aliphatic carbocycles. The molecule has 2 aromatic rings. The van der Waals surface area contributed by atoms with Gasteiger partial charge in [0, 0.05) is 18.0 Å². The van der Waals surface area contributed by atoms with Crippen molar-refractivity contribution in [1.29, 1.82) is 0 Å². The van der Waals surface area contributed by atoms with Crippen LogP contribution in [0, 0.1) is 11.6 Å². The van der Waals surface area contributed by atoms with E-state index < -0.39 is 17.7 Å². The SMILES string of the molecule is CC(C)c1nc(CNC(N)=O)n(C)c1Sc1cc(F)cc(F)c1. The van der Waals surface area contributed by atoms with Gasteiger partial charge in [0.25, 0.3) is 0 Å². The molecule has 1 aromatic heterocycles. The zero-order valence-corrected chi connectivity index (χ0v) is 13.9.